The molecule has 0 bridgehead atoms. The summed E-state index contributed by atoms with van der Waals surface area (Å²) in [6, 6.07) is 0. The molecule has 0 N–H and O–H groups in total. The predicted octanol–water partition coefficient (Wildman–Crippen LogP) is -1.49. The molecule has 0 heterocycles. The van der Waals surface area contributed by atoms with E-state index in [0.717, 1.165) is 0 Å². The molecule has 6 heteroatoms. The summed E-state index contributed by atoms with van der Waals surface area (Å²) >= 11 is -1.76. The molecule has 0 aromatic rings. The van der Waals surface area contributed by atoms with E-state index in [1.165, 1.54) is 21.5 Å². The molecular weight excluding hydrogens is 505 g/mol. The molecule has 0 aromatic carbocycles. The second-order valence-corrected chi connectivity index (χ2v) is 2.78. The Morgan fingerprint density at radius 1 is 1.50 bits per heavy atom. The Hall–Kier alpha value is 1.77. The number of hydrogen-bond donors (Lipinski definition) is 0. The van der Waals surface area contributed by atoms with Crippen LogP contribution in [0.4, 0.5) is 0 Å². The van der Waals surface area contributed by atoms with Crippen molar-refractivity contribution in [2.75, 3.05) is 0 Å². The van der Waals surface area contributed by atoms with Crippen molar-refractivity contribution in [3.63, 3.8) is 0 Å². The maximum absolute atomic E-state index is 9.25. The van der Waals surface area contributed by atoms with E-state index < -0.39 is 15.4 Å². The van der Waals surface area contributed by atoms with Gasteiger partial charge in [0.2, 0.25) is 0 Å². The Kier molecular flexibility index (Phi) is 12.1. The monoisotopic (exact) mass is 508 g/mol. The molecule has 0 atom stereocenters. The molecule has 0 rings (SSSR count). The summed E-state index contributed by atoms with van der Waals surface area (Å²) in [7, 11) is 0. The van der Waals surface area contributed by atoms with Gasteiger partial charge in [0.25, 0.3) is 0 Å². The summed E-state index contributed by atoms with van der Waals surface area (Å²) in [6.45, 7) is 0. The zero-order valence-corrected chi connectivity index (χ0v) is 11.7. The van der Waals surface area contributed by atoms with Crippen molar-refractivity contribution < 1.29 is 46.4 Å². The summed E-state index contributed by atoms with van der Waals surface area (Å²) in [5.74, 6) is 0. The van der Waals surface area contributed by atoms with E-state index in [2.05, 4.69) is 2.17 Å². The van der Waals surface area contributed by atoms with Crippen LogP contribution in [0.3, 0.4) is 0 Å². The van der Waals surface area contributed by atoms with Crippen molar-refractivity contribution in [2.24, 2.45) is 0 Å². The van der Waals surface area contributed by atoms with E-state index in [4.69, 9.17) is 0 Å². The Morgan fingerprint density at radius 3 is 1.67 bits per heavy atom. The number of hydrogen-bond acceptors (Lipinski definition) is 3. The SMILES string of the molecule is [BiH3].[O]=[V](=[O])[O][Au]. The third kappa shape index (κ3) is 9.24. The molecule has 0 saturated heterocycles. The Morgan fingerprint density at radius 2 is 1.67 bits per heavy atom. The van der Waals surface area contributed by atoms with Crippen molar-refractivity contribution in [1.29, 1.82) is 0 Å². The molecule has 3 nitrogen and oxygen atoms in total. The fraction of sp³-hybridized carbons (Fsp3) is 0. The third-order valence-electron chi connectivity index (χ3n) is 0.0449. The molecule has 0 aromatic heterocycles. The van der Waals surface area contributed by atoms with Gasteiger partial charge in [-0.05, 0) is 0 Å². The molecule has 0 aliphatic heterocycles. The van der Waals surface area contributed by atoms with Crippen LogP contribution in [0.5, 0.6) is 0 Å². The molecule has 42 valence electrons. The average molecular weight is 508 g/mol. The van der Waals surface area contributed by atoms with Gasteiger partial charge in [-0.3, -0.25) is 0 Å². The fourth-order valence-electron chi connectivity index (χ4n) is 0. The van der Waals surface area contributed by atoms with E-state index >= 15 is 0 Å². The van der Waals surface area contributed by atoms with Crippen LogP contribution in [0.1, 0.15) is 0 Å². The van der Waals surface area contributed by atoms with Crippen molar-refractivity contribution in [1.82, 2.24) is 0 Å². The van der Waals surface area contributed by atoms with Crippen LogP contribution in [-0.2, 0) is 46.4 Å². The normalized spacial score (nSPS) is 6.33. The van der Waals surface area contributed by atoms with Gasteiger partial charge in [0, 0.05) is 0 Å². The van der Waals surface area contributed by atoms with Crippen molar-refractivity contribution in [2.45, 2.75) is 0 Å². The van der Waals surface area contributed by atoms with Crippen LogP contribution in [0.2, 0.25) is 0 Å². The predicted molar refractivity (Wildman–Crippen MR) is 12.4 cm³/mol. The van der Waals surface area contributed by atoms with E-state index in [9.17, 15) is 7.35 Å². The van der Waals surface area contributed by atoms with E-state index in [0.29, 0.717) is 0 Å². The summed E-state index contributed by atoms with van der Waals surface area (Å²) in [5, 5.41) is 0. The summed E-state index contributed by atoms with van der Waals surface area (Å²) in [4.78, 5) is 0. The van der Waals surface area contributed by atoms with Gasteiger partial charge in [0.1, 0.15) is 0 Å². The van der Waals surface area contributed by atoms with Crippen LogP contribution in [0, 0.1) is 0 Å². The molecular formula is H3AuBiO3V. The fourth-order valence-corrected chi connectivity index (χ4v) is 0. The molecule has 0 saturated carbocycles. The van der Waals surface area contributed by atoms with Gasteiger partial charge in [-0.15, -0.1) is 0 Å². The second kappa shape index (κ2) is 6.77. The second-order valence-electron chi connectivity index (χ2n) is 0.279. The van der Waals surface area contributed by atoms with E-state index in [-0.39, 0.29) is 26.2 Å². The Bertz CT molecular complexity index is 68.9. The van der Waals surface area contributed by atoms with Gasteiger partial charge in [-0.1, -0.05) is 0 Å². The van der Waals surface area contributed by atoms with Gasteiger partial charge in [0.05, 0.1) is 0 Å². The Labute approximate surface area is 71.7 Å². The molecule has 6 heavy (non-hydrogen) atoms. The molecule has 0 radical (unpaired) electrons. The van der Waals surface area contributed by atoms with Crippen LogP contribution in [0.15, 0.2) is 0 Å². The quantitative estimate of drug-likeness (QED) is 0.406. The van der Waals surface area contributed by atoms with Crippen molar-refractivity contribution in [3.8, 4) is 0 Å². The molecule has 0 unspecified atom stereocenters. The molecule has 0 fully saturated rings. The van der Waals surface area contributed by atoms with E-state index in [1.54, 1.807) is 0 Å². The maximum atomic E-state index is 9.25. The third-order valence-corrected chi connectivity index (χ3v) is 1.52. The zero-order valence-electron chi connectivity index (χ0n) is 2.68. The first-order valence-electron chi connectivity index (χ1n) is 0.671. The zero-order chi connectivity index (χ0) is 4.28. The van der Waals surface area contributed by atoms with Crippen molar-refractivity contribution in [3.05, 3.63) is 0 Å². The molecule has 0 amide bonds. The van der Waals surface area contributed by atoms with Crippen LogP contribution in [0.25, 0.3) is 0 Å². The molecule has 0 aliphatic rings. The van der Waals surface area contributed by atoms with Crippen LogP contribution < -0.4 is 0 Å². The van der Waals surface area contributed by atoms with Gasteiger partial charge in [0.15, 0.2) is 0 Å². The minimum absolute atomic E-state index is 0. The minimum atomic E-state index is -3.23. The first kappa shape index (κ1) is 10.7. The molecule has 0 spiro atoms. The van der Waals surface area contributed by atoms with Crippen LogP contribution in [-0.4, -0.2) is 26.2 Å². The van der Waals surface area contributed by atoms with Gasteiger partial charge in [-0.2, -0.15) is 0 Å². The van der Waals surface area contributed by atoms with E-state index in [1.807, 2.05) is 0 Å². The first-order chi connectivity index (χ1) is 2.27. The average Bonchev–Trinajstić information content (AvgIpc) is 1.38. The molecule has 0 aliphatic carbocycles. The van der Waals surface area contributed by atoms with Crippen LogP contribution >= 0.6 is 0 Å². The summed E-state index contributed by atoms with van der Waals surface area (Å²) < 4.78 is 22.2. The topological polar surface area (TPSA) is 43.4 Å². The number of rotatable bonds is 1. The van der Waals surface area contributed by atoms with Gasteiger partial charge in [-0.25, -0.2) is 0 Å². The van der Waals surface area contributed by atoms with Gasteiger partial charge >= 0.3 is 72.6 Å². The van der Waals surface area contributed by atoms with Crippen molar-refractivity contribution >= 4 is 26.2 Å². The Balaban J connectivity index is 0. The summed E-state index contributed by atoms with van der Waals surface area (Å²) in [5.41, 5.74) is 0. The summed E-state index contributed by atoms with van der Waals surface area (Å²) in [6.07, 6.45) is 0. The first-order valence-corrected chi connectivity index (χ1v) is 3.27. The van der Waals surface area contributed by atoms with Gasteiger partial charge < -0.3 is 0 Å². The standard InChI is InChI=1S/Au.Bi.3O.V.3H.